The first-order valence-electron chi connectivity index (χ1n) is 4.82. The first-order valence-corrected chi connectivity index (χ1v) is 4.82. The van der Waals surface area contributed by atoms with Crippen LogP contribution < -0.4 is 0 Å². The fourth-order valence-electron chi connectivity index (χ4n) is 1.42. The number of carbonyl (C=O) groups excluding carboxylic acids is 1. The van der Waals surface area contributed by atoms with Crippen molar-refractivity contribution in [2.75, 3.05) is 7.11 Å². The highest BCUT2D eigenvalue weighted by atomic mass is 16.5. The topological polar surface area (TPSA) is 63.6 Å². The summed E-state index contributed by atoms with van der Waals surface area (Å²) in [6, 6.07) is 6.78. The fraction of sp³-hybridized carbons (Fsp3) is 0.333. The fourth-order valence-corrected chi connectivity index (χ4v) is 1.42. The van der Waals surface area contributed by atoms with E-state index in [1.807, 2.05) is 6.92 Å². The van der Waals surface area contributed by atoms with Crippen molar-refractivity contribution in [3.8, 4) is 0 Å². The summed E-state index contributed by atoms with van der Waals surface area (Å²) in [4.78, 5) is 22.8. The van der Waals surface area contributed by atoms with Gasteiger partial charge in [-0.2, -0.15) is 0 Å². The minimum absolute atomic E-state index is 0.414. The molecule has 0 aliphatic heterocycles. The Morgan fingerprint density at radius 1 is 1.25 bits per heavy atom. The number of hydrogen-bond acceptors (Lipinski definition) is 3. The smallest absolute Gasteiger partial charge is 0.327 e. The largest absolute Gasteiger partial charge is 0.480 e. The van der Waals surface area contributed by atoms with Crippen molar-refractivity contribution >= 4 is 11.9 Å². The average molecular weight is 222 g/mol. The van der Waals surface area contributed by atoms with Crippen molar-refractivity contribution in [3.63, 3.8) is 0 Å². The van der Waals surface area contributed by atoms with Gasteiger partial charge in [-0.3, -0.25) is 9.59 Å². The van der Waals surface area contributed by atoms with E-state index in [2.05, 4.69) is 4.74 Å². The van der Waals surface area contributed by atoms with Crippen LogP contribution in [0.5, 0.6) is 0 Å². The normalized spacial score (nSPS) is 13.9. The molecule has 1 aromatic carbocycles. The van der Waals surface area contributed by atoms with E-state index in [-0.39, 0.29) is 0 Å². The monoisotopic (exact) mass is 222 g/mol. The van der Waals surface area contributed by atoms with Crippen molar-refractivity contribution < 1.29 is 19.4 Å². The van der Waals surface area contributed by atoms with Crippen LogP contribution >= 0.6 is 0 Å². The molecule has 16 heavy (non-hydrogen) atoms. The third-order valence-electron chi connectivity index (χ3n) is 2.65. The first kappa shape index (κ1) is 12.2. The Balaban J connectivity index is 3.27. The van der Waals surface area contributed by atoms with Crippen LogP contribution in [0, 0.1) is 6.92 Å². The summed E-state index contributed by atoms with van der Waals surface area (Å²) in [7, 11) is 1.18. The minimum Gasteiger partial charge on any atom is -0.480 e. The number of esters is 1. The number of rotatable bonds is 3. The second-order valence-electron chi connectivity index (χ2n) is 3.79. The molecule has 0 aliphatic carbocycles. The number of aryl methyl sites for hydroxylation is 1. The SMILES string of the molecule is COC(=O)[C@@](C)(C(=O)O)c1ccc(C)cc1. The predicted octanol–water partition coefficient (Wildman–Crippen LogP) is 1.51. The summed E-state index contributed by atoms with van der Waals surface area (Å²) < 4.78 is 4.54. The highest BCUT2D eigenvalue weighted by Gasteiger charge is 2.44. The van der Waals surface area contributed by atoms with Crippen molar-refractivity contribution in [1.82, 2.24) is 0 Å². The van der Waals surface area contributed by atoms with Gasteiger partial charge in [0, 0.05) is 0 Å². The van der Waals surface area contributed by atoms with Gasteiger partial charge in [0.25, 0.3) is 0 Å². The number of methoxy groups -OCH3 is 1. The molecule has 0 unspecified atom stereocenters. The molecule has 0 fully saturated rings. The van der Waals surface area contributed by atoms with E-state index in [1.165, 1.54) is 14.0 Å². The molecule has 1 rings (SSSR count). The van der Waals surface area contributed by atoms with Crippen LogP contribution in [-0.4, -0.2) is 24.2 Å². The molecule has 0 saturated carbocycles. The third kappa shape index (κ3) is 1.91. The predicted molar refractivity (Wildman–Crippen MR) is 58.2 cm³/mol. The Kier molecular flexibility index (Phi) is 3.32. The van der Waals surface area contributed by atoms with E-state index in [9.17, 15) is 9.59 Å². The number of ether oxygens (including phenoxy) is 1. The standard InChI is InChI=1S/C12H14O4/c1-8-4-6-9(7-5-8)12(2,10(13)14)11(15)16-3/h4-7H,1-3H3,(H,13,14)/t12-/m1/s1. The van der Waals surface area contributed by atoms with Gasteiger partial charge in [-0.15, -0.1) is 0 Å². The van der Waals surface area contributed by atoms with E-state index >= 15 is 0 Å². The molecule has 0 aromatic heterocycles. The summed E-state index contributed by atoms with van der Waals surface area (Å²) in [6.07, 6.45) is 0. The molecule has 1 N–H and O–H groups in total. The van der Waals surface area contributed by atoms with Gasteiger partial charge in [-0.1, -0.05) is 29.8 Å². The molecule has 86 valence electrons. The summed E-state index contributed by atoms with van der Waals surface area (Å²) in [5, 5.41) is 9.16. The van der Waals surface area contributed by atoms with Crippen LogP contribution in [0.3, 0.4) is 0 Å². The maximum Gasteiger partial charge on any atom is 0.327 e. The molecule has 0 aliphatic rings. The molecule has 1 atom stereocenters. The summed E-state index contributed by atoms with van der Waals surface area (Å²) in [6.45, 7) is 3.23. The molecule has 0 amide bonds. The van der Waals surface area contributed by atoms with E-state index in [0.29, 0.717) is 5.56 Å². The molecular weight excluding hydrogens is 208 g/mol. The van der Waals surface area contributed by atoms with Crippen molar-refractivity contribution in [2.24, 2.45) is 0 Å². The molecule has 0 saturated heterocycles. The van der Waals surface area contributed by atoms with Crippen LogP contribution in [0.2, 0.25) is 0 Å². The van der Waals surface area contributed by atoms with E-state index in [1.54, 1.807) is 24.3 Å². The third-order valence-corrected chi connectivity index (χ3v) is 2.65. The number of aliphatic carboxylic acids is 1. The Labute approximate surface area is 93.9 Å². The number of hydrogen-bond donors (Lipinski definition) is 1. The van der Waals surface area contributed by atoms with Crippen molar-refractivity contribution in [1.29, 1.82) is 0 Å². The first-order chi connectivity index (χ1) is 7.42. The van der Waals surface area contributed by atoms with Crippen LogP contribution in [0.25, 0.3) is 0 Å². The van der Waals surface area contributed by atoms with E-state index in [0.717, 1.165) is 5.56 Å². The summed E-state index contributed by atoms with van der Waals surface area (Å²) in [5.41, 5.74) is -0.235. The van der Waals surface area contributed by atoms with Crippen molar-refractivity contribution in [3.05, 3.63) is 35.4 Å². The van der Waals surface area contributed by atoms with Gasteiger partial charge in [0.05, 0.1) is 7.11 Å². The Morgan fingerprint density at radius 3 is 2.12 bits per heavy atom. The second kappa shape index (κ2) is 4.35. The van der Waals surface area contributed by atoms with Gasteiger partial charge in [0.15, 0.2) is 5.41 Å². The van der Waals surface area contributed by atoms with Crippen LogP contribution in [0.1, 0.15) is 18.1 Å². The lowest BCUT2D eigenvalue weighted by atomic mass is 9.82. The second-order valence-corrected chi connectivity index (χ2v) is 3.79. The molecule has 0 radical (unpaired) electrons. The Bertz CT molecular complexity index is 408. The summed E-state index contributed by atoms with van der Waals surface area (Å²) >= 11 is 0. The molecule has 1 aromatic rings. The Hall–Kier alpha value is -1.84. The van der Waals surface area contributed by atoms with Gasteiger partial charge in [0.1, 0.15) is 0 Å². The Morgan fingerprint density at radius 2 is 1.75 bits per heavy atom. The molecule has 0 bridgehead atoms. The average Bonchev–Trinajstić information content (AvgIpc) is 2.27. The number of carboxylic acid groups (broad SMARTS) is 1. The summed E-state index contributed by atoms with van der Waals surface area (Å²) in [5.74, 6) is -1.99. The zero-order chi connectivity index (χ0) is 12.3. The van der Waals surface area contributed by atoms with Gasteiger partial charge >= 0.3 is 11.9 Å². The van der Waals surface area contributed by atoms with Gasteiger partial charge in [-0.25, -0.2) is 0 Å². The zero-order valence-electron chi connectivity index (χ0n) is 9.48. The van der Waals surface area contributed by atoms with Crippen LogP contribution in [0.4, 0.5) is 0 Å². The lowest BCUT2D eigenvalue weighted by molar-refractivity contribution is -0.158. The van der Waals surface area contributed by atoms with Crippen LogP contribution in [-0.2, 0) is 19.7 Å². The maximum absolute atomic E-state index is 11.6. The van der Waals surface area contributed by atoms with Crippen LogP contribution in [0.15, 0.2) is 24.3 Å². The minimum atomic E-state index is -1.65. The molecule has 0 heterocycles. The molecular formula is C12H14O4. The number of benzene rings is 1. The quantitative estimate of drug-likeness (QED) is 0.622. The van der Waals surface area contributed by atoms with Gasteiger partial charge in [0.2, 0.25) is 0 Å². The number of carboxylic acids is 1. The van der Waals surface area contributed by atoms with Crippen molar-refractivity contribution in [2.45, 2.75) is 19.3 Å². The molecule has 4 nitrogen and oxygen atoms in total. The molecule has 0 spiro atoms. The van der Waals surface area contributed by atoms with Gasteiger partial charge in [-0.05, 0) is 19.4 Å². The lowest BCUT2D eigenvalue weighted by Crippen LogP contribution is -2.41. The van der Waals surface area contributed by atoms with Gasteiger partial charge < -0.3 is 9.84 Å². The maximum atomic E-state index is 11.6. The van der Waals surface area contributed by atoms with E-state index < -0.39 is 17.4 Å². The highest BCUT2D eigenvalue weighted by molar-refractivity contribution is 6.05. The lowest BCUT2D eigenvalue weighted by Gasteiger charge is -2.22. The number of carbonyl (C=O) groups is 2. The van der Waals surface area contributed by atoms with E-state index in [4.69, 9.17) is 5.11 Å². The molecule has 4 heteroatoms. The zero-order valence-corrected chi connectivity index (χ0v) is 9.48. The highest BCUT2D eigenvalue weighted by Crippen LogP contribution is 2.26.